The van der Waals surface area contributed by atoms with E-state index in [0.717, 1.165) is 18.4 Å². The van der Waals surface area contributed by atoms with Gasteiger partial charge in [0, 0.05) is 13.2 Å². The molecule has 1 atom stereocenters. The zero-order chi connectivity index (χ0) is 17.2. The van der Waals surface area contributed by atoms with Crippen molar-refractivity contribution in [2.24, 2.45) is 5.92 Å². The molecule has 0 aromatic carbocycles. The third kappa shape index (κ3) is 11.6. The summed E-state index contributed by atoms with van der Waals surface area (Å²) in [6, 6.07) is 0. The van der Waals surface area contributed by atoms with Gasteiger partial charge in [-0.2, -0.15) is 0 Å². The van der Waals surface area contributed by atoms with Crippen LogP contribution in [0.15, 0.2) is 23.8 Å². The van der Waals surface area contributed by atoms with Crippen LogP contribution in [-0.2, 0) is 14.3 Å². The van der Waals surface area contributed by atoms with Gasteiger partial charge in [-0.25, -0.2) is 4.79 Å². The molecular formula is C19H34O3. The molecule has 0 aromatic rings. The Hall–Kier alpha value is -1.09. The van der Waals surface area contributed by atoms with E-state index in [4.69, 9.17) is 9.47 Å². The average molecular weight is 310 g/mol. The van der Waals surface area contributed by atoms with Crippen molar-refractivity contribution in [2.45, 2.75) is 78.9 Å². The molecule has 0 amide bonds. The molecule has 0 bridgehead atoms. The summed E-state index contributed by atoms with van der Waals surface area (Å²) >= 11 is 0. The summed E-state index contributed by atoms with van der Waals surface area (Å²) in [6.45, 7) is 12.1. The van der Waals surface area contributed by atoms with Crippen molar-refractivity contribution in [3.05, 3.63) is 23.8 Å². The van der Waals surface area contributed by atoms with Gasteiger partial charge in [0.25, 0.3) is 0 Å². The molecule has 3 heteroatoms. The molecule has 0 aliphatic carbocycles. The maximum Gasteiger partial charge on any atom is 0.331 e. The number of carbonyl (C=O) groups excluding carboxylic acids is 1. The predicted octanol–water partition coefficient (Wildman–Crippen LogP) is 5.06. The van der Waals surface area contributed by atoms with E-state index in [1.807, 2.05) is 26.8 Å². The SMILES string of the molecule is COC(C)(C)CCC[C@H](C)C/C=C\C(C)=C/C(=O)OC(C)C. The van der Waals surface area contributed by atoms with E-state index in [2.05, 4.69) is 26.8 Å². The predicted molar refractivity (Wildman–Crippen MR) is 92.8 cm³/mol. The van der Waals surface area contributed by atoms with Crippen LogP contribution in [0.4, 0.5) is 0 Å². The van der Waals surface area contributed by atoms with Crippen molar-refractivity contribution in [2.75, 3.05) is 7.11 Å². The molecule has 0 spiro atoms. The van der Waals surface area contributed by atoms with Gasteiger partial charge in [-0.15, -0.1) is 0 Å². The first-order valence-corrected chi connectivity index (χ1v) is 8.27. The first kappa shape index (κ1) is 20.9. The van der Waals surface area contributed by atoms with E-state index in [0.29, 0.717) is 5.92 Å². The Morgan fingerprint density at radius 1 is 1.23 bits per heavy atom. The molecule has 0 radical (unpaired) electrons. The van der Waals surface area contributed by atoms with E-state index in [-0.39, 0.29) is 17.7 Å². The van der Waals surface area contributed by atoms with Crippen molar-refractivity contribution < 1.29 is 14.3 Å². The molecule has 0 fully saturated rings. The topological polar surface area (TPSA) is 35.5 Å². The van der Waals surface area contributed by atoms with Crippen molar-refractivity contribution in [3.8, 4) is 0 Å². The average Bonchev–Trinajstić information content (AvgIpc) is 2.37. The minimum atomic E-state index is -0.271. The van der Waals surface area contributed by atoms with Crippen molar-refractivity contribution in [1.29, 1.82) is 0 Å². The maximum atomic E-state index is 11.5. The summed E-state index contributed by atoms with van der Waals surface area (Å²) in [7, 11) is 1.77. The summed E-state index contributed by atoms with van der Waals surface area (Å²) in [5.41, 5.74) is 0.907. The quantitative estimate of drug-likeness (QED) is 0.321. The van der Waals surface area contributed by atoms with Gasteiger partial charge < -0.3 is 9.47 Å². The normalized spacial score (nSPS) is 14.6. The monoisotopic (exact) mass is 310 g/mol. The molecule has 22 heavy (non-hydrogen) atoms. The highest BCUT2D eigenvalue weighted by Gasteiger charge is 2.15. The zero-order valence-electron chi connectivity index (χ0n) is 15.4. The second-order valence-electron chi connectivity index (χ2n) is 6.97. The Labute approximate surface area is 136 Å². The minimum absolute atomic E-state index is 0.0222. The van der Waals surface area contributed by atoms with Gasteiger partial charge in [-0.1, -0.05) is 31.9 Å². The third-order valence-corrected chi connectivity index (χ3v) is 3.64. The van der Waals surface area contributed by atoms with E-state index in [1.54, 1.807) is 13.2 Å². The van der Waals surface area contributed by atoms with Crippen LogP contribution in [0, 0.1) is 5.92 Å². The highest BCUT2D eigenvalue weighted by molar-refractivity contribution is 5.83. The Bertz CT molecular complexity index is 378. The lowest BCUT2D eigenvalue weighted by atomic mass is 9.95. The third-order valence-electron chi connectivity index (χ3n) is 3.64. The van der Waals surface area contributed by atoms with Gasteiger partial charge >= 0.3 is 5.97 Å². The van der Waals surface area contributed by atoms with Gasteiger partial charge in [-0.05, 0) is 59.0 Å². The van der Waals surface area contributed by atoms with E-state index in [1.165, 1.54) is 12.8 Å². The Morgan fingerprint density at radius 2 is 1.86 bits per heavy atom. The van der Waals surface area contributed by atoms with Gasteiger partial charge in [-0.3, -0.25) is 0 Å². The molecule has 0 saturated carbocycles. The zero-order valence-corrected chi connectivity index (χ0v) is 15.4. The first-order valence-electron chi connectivity index (χ1n) is 8.27. The molecule has 0 rings (SSSR count). The number of carbonyl (C=O) groups is 1. The van der Waals surface area contributed by atoms with Crippen LogP contribution in [0.1, 0.15) is 67.2 Å². The molecular weight excluding hydrogens is 276 g/mol. The number of hydrogen-bond donors (Lipinski definition) is 0. The fourth-order valence-corrected chi connectivity index (χ4v) is 2.08. The lowest BCUT2D eigenvalue weighted by Crippen LogP contribution is -2.22. The minimum Gasteiger partial charge on any atom is -0.460 e. The Kier molecular flexibility index (Phi) is 10.1. The molecule has 0 aromatic heterocycles. The summed E-state index contributed by atoms with van der Waals surface area (Å²) < 4.78 is 10.5. The van der Waals surface area contributed by atoms with Crippen LogP contribution in [0.3, 0.4) is 0 Å². The second-order valence-corrected chi connectivity index (χ2v) is 6.97. The number of rotatable bonds is 10. The number of methoxy groups -OCH3 is 1. The smallest absolute Gasteiger partial charge is 0.331 e. The first-order chi connectivity index (χ1) is 10.2. The number of allylic oxidation sites excluding steroid dienone is 3. The molecule has 0 N–H and O–H groups in total. The molecule has 0 unspecified atom stereocenters. The van der Waals surface area contributed by atoms with Crippen molar-refractivity contribution in [3.63, 3.8) is 0 Å². The lowest BCUT2D eigenvalue weighted by Gasteiger charge is -2.23. The van der Waals surface area contributed by atoms with Crippen LogP contribution in [0.25, 0.3) is 0 Å². The largest absolute Gasteiger partial charge is 0.460 e. The van der Waals surface area contributed by atoms with Crippen LogP contribution >= 0.6 is 0 Å². The summed E-state index contributed by atoms with van der Waals surface area (Å²) in [5, 5.41) is 0. The van der Waals surface area contributed by atoms with Crippen LogP contribution < -0.4 is 0 Å². The summed E-state index contributed by atoms with van der Waals surface area (Å²) in [6.07, 6.45) is 10.1. The molecule has 0 saturated heterocycles. The van der Waals surface area contributed by atoms with Gasteiger partial charge in [0.05, 0.1) is 11.7 Å². The Balaban J connectivity index is 4.05. The lowest BCUT2D eigenvalue weighted by molar-refractivity contribution is -0.141. The van der Waals surface area contributed by atoms with Crippen LogP contribution in [-0.4, -0.2) is 24.8 Å². The van der Waals surface area contributed by atoms with E-state index < -0.39 is 0 Å². The number of hydrogen-bond acceptors (Lipinski definition) is 3. The van der Waals surface area contributed by atoms with E-state index >= 15 is 0 Å². The van der Waals surface area contributed by atoms with Crippen LogP contribution in [0.2, 0.25) is 0 Å². The Morgan fingerprint density at radius 3 is 2.41 bits per heavy atom. The highest BCUT2D eigenvalue weighted by atomic mass is 16.5. The highest BCUT2D eigenvalue weighted by Crippen LogP contribution is 2.20. The number of ether oxygens (including phenoxy) is 2. The second kappa shape index (κ2) is 10.6. The molecule has 0 heterocycles. The fourth-order valence-electron chi connectivity index (χ4n) is 2.08. The fraction of sp³-hybridized carbons (Fsp3) is 0.737. The van der Waals surface area contributed by atoms with Crippen molar-refractivity contribution >= 4 is 5.97 Å². The molecule has 128 valence electrons. The van der Waals surface area contributed by atoms with Gasteiger partial charge in [0.2, 0.25) is 0 Å². The molecule has 3 nitrogen and oxygen atoms in total. The summed E-state index contributed by atoms with van der Waals surface area (Å²) in [4.78, 5) is 11.5. The standard InChI is InChI=1S/C19H34O3/c1-15(2)22-18(20)14-17(4)11-8-10-16(3)12-9-13-19(5,6)21-7/h8,11,14-16H,9-10,12-13H2,1-7H3/b11-8-,17-14-/t16-/m1/s1. The molecule has 0 aliphatic heterocycles. The van der Waals surface area contributed by atoms with Crippen LogP contribution in [0.5, 0.6) is 0 Å². The number of esters is 1. The maximum absolute atomic E-state index is 11.5. The van der Waals surface area contributed by atoms with Crippen molar-refractivity contribution in [1.82, 2.24) is 0 Å². The van der Waals surface area contributed by atoms with Gasteiger partial charge in [0.1, 0.15) is 0 Å². The van der Waals surface area contributed by atoms with E-state index in [9.17, 15) is 4.79 Å². The molecule has 0 aliphatic rings. The summed E-state index contributed by atoms with van der Waals surface area (Å²) in [5.74, 6) is 0.367. The van der Waals surface area contributed by atoms with Gasteiger partial charge in [0.15, 0.2) is 0 Å².